The zero-order valence-electron chi connectivity index (χ0n) is 6.64. The van der Waals surface area contributed by atoms with E-state index in [4.69, 9.17) is 0 Å². The van der Waals surface area contributed by atoms with Crippen molar-refractivity contribution >= 4 is 15.9 Å². The molecule has 0 amide bonds. The van der Waals surface area contributed by atoms with Gasteiger partial charge in [-0.05, 0) is 18.2 Å². The van der Waals surface area contributed by atoms with Crippen molar-refractivity contribution in [2.45, 2.75) is 0 Å². The molecule has 1 aromatic rings. The molecule has 0 atom stereocenters. The summed E-state index contributed by atoms with van der Waals surface area (Å²) in [5.41, 5.74) is 0.642. The molecule has 1 heterocycles. The van der Waals surface area contributed by atoms with Gasteiger partial charge in [0.15, 0.2) is 9.84 Å². The van der Waals surface area contributed by atoms with Gasteiger partial charge in [-0.25, -0.2) is 8.42 Å². The average molecular weight is 183 g/mol. The third-order valence-corrected chi connectivity index (χ3v) is 1.80. The highest BCUT2D eigenvalue weighted by molar-refractivity contribution is 7.93. The summed E-state index contributed by atoms with van der Waals surface area (Å²) < 4.78 is 21.4. The summed E-state index contributed by atoms with van der Waals surface area (Å²) in [4.78, 5) is 3.93. The number of rotatable bonds is 2. The largest absolute Gasteiger partial charge is 0.257 e. The highest BCUT2D eigenvalue weighted by atomic mass is 32.2. The summed E-state index contributed by atoms with van der Waals surface area (Å²) in [5, 5.41) is 1.13. The van der Waals surface area contributed by atoms with Crippen LogP contribution >= 0.6 is 0 Å². The lowest BCUT2D eigenvalue weighted by atomic mass is 10.3. The van der Waals surface area contributed by atoms with Gasteiger partial charge in [-0.15, -0.1) is 0 Å². The monoisotopic (exact) mass is 183 g/mol. The second kappa shape index (κ2) is 3.49. The standard InChI is InChI=1S/C8H9NO2S/c1-12(10,11)7-5-8-4-2-3-6-9-8/h2-7H,1H3/b7-5+. The third kappa shape index (κ3) is 3.30. The molecule has 0 aliphatic rings. The number of hydrogen-bond donors (Lipinski definition) is 0. The zero-order valence-corrected chi connectivity index (χ0v) is 7.45. The summed E-state index contributed by atoms with van der Waals surface area (Å²) in [7, 11) is -3.04. The Morgan fingerprint density at radius 2 is 2.17 bits per heavy atom. The average Bonchev–Trinajstić information content (AvgIpc) is 2.02. The van der Waals surface area contributed by atoms with Gasteiger partial charge in [-0.3, -0.25) is 4.98 Å². The number of sulfone groups is 1. The van der Waals surface area contributed by atoms with Gasteiger partial charge in [0.1, 0.15) is 0 Å². The molecule has 4 heteroatoms. The maximum Gasteiger partial charge on any atom is 0.168 e. The van der Waals surface area contributed by atoms with Gasteiger partial charge in [0.25, 0.3) is 0 Å². The Hall–Kier alpha value is -1.16. The molecule has 0 saturated carbocycles. The molecule has 0 spiro atoms. The van der Waals surface area contributed by atoms with Crippen LogP contribution in [0.15, 0.2) is 29.8 Å². The molecule has 0 bridgehead atoms. The maximum absolute atomic E-state index is 10.7. The van der Waals surface area contributed by atoms with E-state index >= 15 is 0 Å². The highest BCUT2D eigenvalue weighted by Gasteiger charge is 1.92. The van der Waals surface area contributed by atoms with E-state index in [1.165, 1.54) is 6.08 Å². The van der Waals surface area contributed by atoms with E-state index in [-0.39, 0.29) is 0 Å². The first-order valence-corrected chi connectivity index (χ1v) is 5.32. The molecule has 0 aliphatic heterocycles. The molecular weight excluding hydrogens is 174 g/mol. The first kappa shape index (κ1) is 8.93. The van der Waals surface area contributed by atoms with Gasteiger partial charge in [0, 0.05) is 17.9 Å². The minimum Gasteiger partial charge on any atom is -0.257 e. The molecule has 1 aromatic heterocycles. The lowest BCUT2D eigenvalue weighted by Gasteiger charge is -1.88. The topological polar surface area (TPSA) is 47.0 Å². The summed E-state index contributed by atoms with van der Waals surface area (Å²) in [5.74, 6) is 0. The van der Waals surface area contributed by atoms with E-state index < -0.39 is 9.84 Å². The van der Waals surface area contributed by atoms with Crippen molar-refractivity contribution < 1.29 is 8.42 Å². The number of nitrogens with zero attached hydrogens (tertiary/aromatic N) is 1. The van der Waals surface area contributed by atoms with Gasteiger partial charge in [-0.1, -0.05) is 6.07 Å². The Balaban J connectivity index is 2.85. The Morgan fingerprint density at radius 1 is 1.42 bits per heavy atom. The second-order valence-electron chi connectivity index (χ2n) is 2.39. The van der Waals surface area contributed by atoms with Crippen LogP contribution in [-0.2, 0) is 9.84 Å². The van der Waals surface area contributed by atoms with E-state index in [1.54, 1.807) is 24.4 Å². The molecule has 0 aliphatic carbocycles. The van der Waals surface area contributed by atoms with E-state index in [2.05, 4.69) is 4.98 Å². The summed E-state index contributed by atoms with van der Waals surface area (Å²) in [6.07, 6.45) is 4.23. The van der Waals surface area contributed by atoms with Crippen molar-refractivity contribution in [2.75, 3.05) is 6.26 Å². The molecule has 1 rings (SSSR count). The van der Waals surface area contributed by atoms with Crippen molar-refractivity contribution in [1.82, 2.24) is 4.98 Å². The van der Waals surface area contributed by atoms with Crippen LogP contribution in [-0.4, -0.2) is 19.7 Å². The van der Waals surface area contributed by atoms with Crippen LogP contribution < -0.4 is 0 Å². The molecule has 64 valence electrons. The fraction of sp³-hybridized carbons (Fsp3) is 0.125. The minimum atomic E-state index is -3.04. The normalized spacial score (nSPS) is 12.1. The Kier molecular flexibility index (Phi) is 2.60. The summed E-state index contributed by atoms with van der Waals surface area (Å²) in [6.45, 7) is 0. The van der Waals surface area contributed by atoms with Crippen LogP contribution in [0.3, 0.4) is 0 Å². The van der Waals surface area contributed by atoms with Crippen molar-refractivity contribution in [3.63, 3.8) is 0 Å². The van der Waals surface area contributed by atoms with E-state index in [1.807, 2.05) is 0 Å². The smallest absolute Gasteiger partial charge is 0.168 e. The quantitative estimate of drug-likeness (QED) is 0.689. The minimum absolute atomic E-state index is 0.642. The molecule has 0 N–H and O–H groups in total. The number of hydrogen-bond acceptors (Lipinski definition) is 3. The van der Waals surface area contributed by atoms with Crippen molar-refractivity contribution in [3.05, 3.63) is 35.5 Å². The fourth-order valence-corrected chi connectivity index (χ4v) is 1.05. The van der Waals surface area contributed by atoms with Crippen LogP contribution in [0.1, 0.15) is 5.69 Å². The number of pyridine rings is 1. The van der Waals surface area contributed by atoms with Gasteiger partial charge in [0.2, 0.25) is 0 Å². The van der Waals surface area contributed by atoms with Gasteiger partial charge in [-0.2, -0.15) is 0 Å². The molecule has 12 heavy (non-hydrogen) atoms. The first-order valence-electron chi connectivity index (χ1n) is 3.37. The van der Waals surface area contributed by atoms with E-state index in [0.29, 0.717) is 5.69 Å². The summed E-state index contributed by atoms with van der Waals surface area (Å²) in [6, 6.07) is 5.31. The van der Waals surface area contributed by atoms with Crippen LogP contribution in [0.25, 0.3) is 6.08 Å². The van der Waals surface area contributed by atoms with Crippen molar-refractivity contribution in [1.29, 1.82) is 0 Å². The Bertz CT molecular complexity index is 367. The molecule has 0 fully saturated rings. The molecular formula is C8H9NO2S. The lowest BCUT2D eigenvalue weighted by Crippen LogP contribution is -1.88. The third-order valence-electron chi connectivity index (χ3n) is 1.17. The van der Waals surface area contributed by atoms with Crippen LogP contribution in [0.4, 0.5) is 0 Å². The highest BCUT2D eigenvalue weighted by Crippen LogP contribution is 1.98. The maximum atomic E-state index is 10.7. The van der Waals surface area contributed by atoms with Gasteiger partial charge in [0.05, 0.1) is 5.69 Å². The first-order chi connectivity index (χ1) is 5.58. The van der Waals surface area contributed by atoms with Crippen molar-refractivity contribution in [3.8, 4) is 0 Å². The molecule has 3 nitrogen and oxygen atoms in total. The molecule has 0 aromatic carbocycles. The molecule has 0 radical (unpaired) electrons. The summed E-state index contributed by atoms with van der Waals surface area (Å²) >= 11 is 0. The van der Waals surface area contributed by atoms with E-state index in [0.717, 1.165) is 11.7 Å². The fourth-order valence-electron chi connectivity index (χ4n) is 0.668. The zero-order chi connectivity index (χ0) is 9.03. The second-order valence-corrected chi connectivity index (χ2v) is 4.32. The SMILES string of the molecule is CS(=O)(=O)/C=C/c1ccccn1. The van der Waals surface area contributed by atoms with Gasteiger partial charge >= 0.3 is 0 Å². The predicted molar refractivity (Wildman–Crippen MR) is 48.1 cm³/mol. The Morgan fingerprint density at radius 3 is 2.67 bits per heavy atom. The molecule has 0 unspecified atom stereocenters. The van der Waals surface area contributed by atoms with Gasteiger partial charge < -0.3 is 0 Å². The van der Waals surface area contributed by atoms with Crippen molar-refractivity contribution in [2.24, 2.45) is 0 Å². The van der Waals surface area contributed by atoms with Crippen LogP contribution in [0, 0.1) is 0 Å². The van der Waals surface area contributed by atoms with E-state index in [9.17, 15) is 8.42 Å². The number of aromatic nitrogens is 1. The molecule has 0 saturated heterocycles. The Labute approximate surface area is 71.7 Å². The van der Waals surface area contributed by atoms with Crippen LogP contribution in [0.5, 0.6) is 0 Å². The van der Waals surface area contributed by atoms with Crippen LogP contribution in [0.2, 0.25) is 0 Å². The lowest BCUT2D eigenvalue weighted by molar-refractivity contribution is 0.610. The predicted octanol–water partition coefficient (Wildman–Crippen LogP) is 1.10.